The van der Waals surface area contributed by atoms with Crippen LogP contribution in [-0.2, 0) is 16.4 Å². The fraction of sp³-hybridized carbons (Fsp3) is 0.240. The molecule has 3 heterocycles. The number of aryl methyl sites for hydroxylation is 2. The van der Waals surface area contributed by atoms with E-state index in [0.717, 1.165) is 16.3 Å². The summed E-state index contributed by atoms with van der Waals surface area (Å²) in [4.78, 5) is 28.7. The third-order valence-corrected chi connectivity index (χ3v) is 8.01. The van der Waals surface area contributed by atoms with E-state index in [1.807, 2.05) is 13.0 Å². The monoisotopic (exact) mass is 493 g/mol. The molecule has 2 aromatic heterocycles. The first-order valence-corrected chi connectivity index (χ1v) is 12.5. The largest absolute Gasteiger partial charge is 0.450 e. The standard InChI is InChI=1S/C25H23N3O6S/c1-5-15-6-11-19-18(13-15)23(29)21-22(16-7-9-17(10-8-16)35(31,32)27(3)4)28(25(30)24(21)33-19)20-12-14(2)34-26-20/h6-13,22H,5H2,1-4H3. The summed E-state index contributed by atoms with van der Waals surface area (Å²) in [5, 5.41) is 4.38. The molecule has 0 radical (unpaired) electrons. The van der Waals surface area contributed by atoms with Gasteiger partial charge in [-0.1, -0.05) is 30.3 Å². The number of amides is 1. The predicted octanol–water partition coefficient (Wildman–Crippen LogP) is 3.65. The van der Waals surface area contributed by atoms with Crippen LogP contribution in [0.4, 0.5) is 5.82 Å². The number of hydrogen-bond acceptors (Lipinski definition) is 7. The normalized spacial score (nSPS) is 15.9. The van der Waals surface area contributed by atoms with Crippen LogP contribution in [0.2, 0.25) is 0 Å². The van der Waals surface area contributed by atoms with Crippen molar-refractivity contribution in [3.05, 3.63) is 87.0 Å². The molecule has 0 aliphatic carbocycles. The number of anilines is 1. The van der Waals surface area contributed by atoms with Crippen LogP contribution in [0.5, 0.6) is 0 Å². The lowest BCUT2D eigenvalue weighted by molar-refractivity contribution is 0.0969. The van der Waals surface area contributed by atoms with Crippen molar-refractivity contribution in [2.24, 2.45) is 0 Å². The Bertz CT molecular complexity index is 1630. The Morgan fingerprint density at radius 3 is 2.37 bits per heavy atom. The van der Waals surface area contributed by atoms with Crippen molar-refractivity contribution in [3.8, 4) is 0 Å². The molecule has 0 spiro atoms. The highest BCUT2D eigenvalue weighted by Gasteiger charge is 2.45. The van der Waals surface area contributed by atoms with Crippen LogP contribution in [0.15, 0.2) is 67.2 Å². The summed E-state index contributed by atoms with van der Waals surface area (Å²) in [7, 11) is -0.752. The van der Waals surface area contributed by atoms with Gasteiger partial charge in [-0.25, -0.2) is 12.7 Å². The molecule has 5 rings (SSSR count). The lowest BCUT2D eigenvalue weighted by Gasteiger charge is -2.22. The van der Waals surface area contributed by atoms with Crippen LogP contribution in [0.3, 0.4) is 0 Å². The van der Waals surface area contributed by atoms with Crippen LogP contribution >= 0.6 is 0 Å². The first-order chi connectivity index (χ1) is 16.6. The van der Waals surface area contributed by atoms with Gasteiger partial charge in [0.1, 0.15) is 11.3 Å². The number of nitrogens with zero attached hydrogens (tertiary/aromatic N) is 3. The lowest BCUT2D eigenvalue weighted by atomic mass is 9.98. The summed E-state index contributed by atoms with van der Waals surface area (Å²) in [5.74, 6) is 0.128. The molecule has 0 bridgehead atoms. The maximum absolute atomic E-state index is 13.7. The first-order valence-electron chi connectivity index (χ1n) is 11.0. The molecule has 1 atom stereocenters. The van der Waals surface area contributed by atoms with E-state index < -0.39 is 22.0 Å². The quantitative estimate of drug-likeness (QED) is 0.417. The van der Waals surface area contributed by atoms with Crippen LogP contribution < -0.4 is 10.3 Å². The Morgan fingerprint density at radius 1 is 1.06 bits per heavy atom. The smallest absolute Gasteiger partial charge is 0.296 e. The summed E-state index contributed by atoms with van der Waals surface area (Å²) in [6, 6.07) is 12.2. The molecule has 1 aliphatic rings. The Hall–Kier alpha value is -3.76. The van der Waals surface area contributed by atoms with E-state index in [1.165, 1.54) is 31.1 Å². The SMILES string of the molecule is CCc1ccc2oc3c(c(=O)c2c1)C(c1ccc(S(=O)(=O)N(C)C)cc1)N(c1cc(C)on1)C3=O. The van der Waals surface area contributed by atoms with E-state index in [2.05, 4.69) is 5.16 Å². The number of benzene rings is 2. The highest BCUT2D eigenvalue weighted by atomic mass is 32.2. The molecule has 10 heteroatoms. The van der Waals surface area contributed by atoms with E-state index >= 15 is 0 Å². The summed E-state index contributed by atoms with van der Waals surface area (Å²) in [6.07, 6.45) is 0.737. The second kappa shape index (κ2) is 8.17. The number of aromatic nitrogens is 1. The van der Waals surface area contributed by atoms with Crippen LogP contribution in [-0.4, -0.2) is 37.9 Å². The van der Waals surface area contributed by atoms with E-state index in [9.17, 15) is 18.0 Å². The molecular formula is C25H23N3O6S. The summed E-state index contributed by atoms with van der Waals surface area (Å²) < 4.78 is 37.4. The Labute approximate surface area is 201 Å². The van der Waals surface area contributed by atoms with Crippen molar-refractivity contribution in [3.63, 3.8) is 0 Å². The summed E-state index contributed by atoms with van der Waals surface area (Å²) >= 11 is 0. The predicted molar refractivity (Wildman–Crippen MR) is 129 cm³/mol. The van der Waals surface area contributed by atoms with Crippen LogP contribution in [0.1, 0.15) is 46.0 Å². The second-order valence-corrected chi connectivity index (χ2v) is 10.7. The number of rotatable bonds is 5. The van der Waals surface area contributed by atoms with Crippen molar-refractivity contribution in [2.45, 2.75) is 31.2 Å². The van der Waals surface area contributed by atoms with Gasteiger partial charge in [0.2, 0.25) is 15.8 Å². The second-order valence-electron chi connectivity index (χ2n) is 8.59. The fourth-order valence-electron chi connectivity index (χ4n) is 4.29. The number of sulfonamides is 1. The van der Waals surface area contributed by atoms with Gasteiger partial charge in [0.25, 0.3) is 5.91 Å². The molecule has 1 amide bonds. The minimum atomic E-state index is -3.65. The Balaban J connectivity index is 1.75. The van der Waals surface area contributed by atoms with Gasteiger partial charge in [-0.15, -0.1) is 0 Å². The van der Waals surface area contributed by atoms with Gasteiger partial charge in [0, 0.05) is 20.2 Å². The number of fused-ring (bicyclic) bond motifs is 2. The zero-order valence-electron chi connectivity index (χ0n) is 19.6. The van der Waals surface area contributed by atoms with E-state index in [1.54, 1.807) is 37.3 Å². The van der Waals surface area contributed by atoms with Gasteiger partial charge >= 0.3 is 0 Å². The average Bonchev–Trinajstić information content (AvgIpc) is 3.39. The third kappa shape index (κ3) is 3.57. The fourth-order valence-corrected chi connectivity index (χ4v) is 5.19. The Morgan fingerprint density at radius 2 is 1.77 bits per heavy atom. The zero-order chi connectivity index (χ0) is 25.1. The number of hydrogen-bond donors (Lipinski definition) is 0. The molecule has 1 aliphatic heterocycles. The molecule has 0 saturated heterocycles. The van der Waals surface area contributed by atoms with E-state index in [4.69, 9.17) is 8.94 Å². The van der Waals surface area contributed by atoms with Crippen molar-refractivity contribution in [1.82, 2.24) is 9.46 Å². The first kappa shape index (κ1) is 23.0. The van der Waals surface area contributed by atoms with Crippen molar-refractivity contribution >= 4 is 32.7 Å². The molecule has 0 N–H and O–H groups in total. The van der Waals surface area contributed by atoms with Gasteiger partial charge in [-0.05, 0) is 48.7 Å². The number of carbonyl (C=O) groups is 1. The summed E-state index contributed by atoms with van der Waals surface area (Å²) in [6.45, 7) is 3.69. The van der Waals surface area contributed by atoms with E-state index in [0.29, 0.717) is 22.3 Å². The van der Waals surface area contributed by atoms with Gasteiger partial charge in [-0.3, -0.25) is 14.5 Å². The van der Waals surface area contributed by atoms with Crippen molar-refractivity contribution in [1.29, 1.82) is 0 Å². The molecular weight excluding hydrogens is 470 g/mol. The van der Waals surface area contributed by atoms with Gasteiger partial charge < -0.3 is 8.94 Å². The molecule has 4 aromatic rings. The van der Waals surface area contributed by atoms with Crippen molar-refractivity contribution < 1.29 is 22.2 Å². The highest BCUT2D eigenvalue weighted by Crippen LogP contribution is 2.41. The average molecular weight is 494 g/mol. The molecule has 35 heavy (non-hydrogen) atoms. The van der Waals surface area contributed by atoms with Gasteiger partial charge in [0.15, 0.2) is 11.2 Å². The zero-order valence-corrected chi connectivity index (χ0v) is 20.4. The minimum absolute atomic E-state index is 0.0672. The van der Waals surface area contributed by atoms with Gasteiger partial charge in [0.05, 0.1) is 21.9 Å². The maximum Gasteiger partial charge on any atom is 0.296 e. The minimum Gasteiger partial charge on any atom is -0.450 e. The molecule has 0 fully saturated rings. The van der Waals surface area contributed by atoms with E-state index in [-0.39, 0.29) is 27.5 Å². The third-order valence-electron chi connectivity index (χ3n) is 6.18. The lowest BCUT2D eigenvalue weighted by Crippen LogP contribution is -2.30. The summed E-state index contributed by atoms with van der Waals surface area (Å²) in [5.41, 5.74) is 1.69. The molecule has 180 valence electrons. The Kier molecular flexibility index (Phi) is 5.37. The molecule has 1 unspecified atom stereocenters. The molecule has 9 nitrogen and oxygen atoms in total. The molecule has 2 aromatic carbocycles. The van der Waals surface area contributed by atoms with Crippen LogP contribution in [0.25, 0.3) is 11.0 Å². The number of carbonyl (C=O) groups excluding carboxylic acids is 1. The van der Waals surface area contributed by atoms with Crippen molar-refractivity contribution in [2.75, 3.05) is 19.0 Å². The topological polar surface area (TPSA) is 114 Å². The maximum atomic E-state index is 13.7. The highest BCUT2D eigenvalue weighted by molar-refractivity contribution is 7.89. The van der Waals surface area contributed by atoms with Gasteiger partial charge in [-0.2, -0.15) is 0 Å². The van der Waals surface area contributed by atoms with Crippen LogP contribution in [0, 0.1) is 6.92 Å². The molecule has 0 saturated carbocycles.